The lowest BCUT2D eigenvalue weighted by molar-refractivity contribution is -0.180. The van der Waals surface area contributed by atoms with Crippen LogP contribution in [-0.2, 0) is 16.0 Å². The maximum atomic E-state index is 13.2. The Kier molecular flexibility index (Phi) is 6.47. The van der Waals surface area contributed by atoms with Gasteiger partial charge in [0.05, 0.1) is 12.0 Å². The molecule has 1 saturated heterocycles. The van der Waals surface area contributed by atoms with Gasteiger partial charge in [-0.2, -0.15) is 0 Å². The molecule has 2 aromatic carbocycles. The minimum Gasteiger partial charge on any atom is -0.384 e. The number of hydrogen-bond donors (Lipinski definition) is 2. The zero-order valence-electron chi connectivity index (χ0n) is 17.8. The standard InChI is InChI=1S/C25H26N4O3/c1-2-32-24-20(15-17-13-14-27-21(26)16-17)23(30)29(24)25(31)28-22(18-9-5-3-6-10-18)19-11-7-4-8-12-19/h3-14,16,20,22,24H,2,15H2,1H3,(H2,26,27)(H,28,31). The molecule has 0 radical (unpaired) electrons. The molecule has 1 fully saturated rings. The number of nitrogens with two attached hydrogens (primary N) is 1. The number of ether oxygens (including phenoxy) is 1. The van der Waals surface area contributed by atoms with Crippen LogP contribution in [0.15, 0.2) is 79.0 Å². The van der Waals surface area contributed by atoms with Gasteiger partial charge in [0.2, 0.25) is 5.91 Å². The smallest absolute Gasteiger partial charge is 0.327 e. The number of amides is 3. The van der Waals surface area contributed by atoms with Crippen molar-refractivity contribution in [3.05, 3.63) is 95.7 Å². The van der Waals surface area contributed by atoms with Gasteiger partial charge in [-0.05, 0) is 42.2 Å². The third kappa shape index (κ3) is 4.48. The minimum atomic E-state index is -0.630. The lowest BCUT2D eigenvalue weighted by Crippen LogP contribution is -2.67. The number of carbonyl (C=O) groups is 2. The zero-order valence-corrected chi connectivity index (χ0v) is 17.8. The van der Waals surface area contributed by atoms with Crippen molar-refractivity contribution in [2.45, 2.75) is 25.6 Å². The van der Waals surface area contributed by atoms with Crippen molar-refractivity contribution < 1.29 is 14.3 Å². The Morgan fingerprint density at radius 3 is 2.28 bits per heavy atom. The van der Waals surface area contributed by atoms with Crippen LogP contribution >= 0.6 is 0 Å². The number of aromatic nitrogens is 1. The van der Waals surface area contributed by atoms with Crippen molar-refractivity contribution in [3.8, 4) is 0 Å². The summed E-state index contributed by atoms with van der Waals surface area (Å²) < 4.78 is 5.79. The number of benzene rings is 2. The van der Waals surface area contributed by atoms with Crippen molar-refractivity contribution in [3.63, 3.8) is 0 Å². The summed E-state index contributed by atoms with van der Waals surface area (Å²) in [6.07, 6.45) is 1.41. The third-order valence-electron chi connectivity index (χ3n) is 5.54. The molecule has 1 aliphatic rings. The van der Waals surface area contributed by atoms with E-state index in [0.717, 1.165) is 16.7 Å². The van der Waals surface area contributed by atoms with Gasteiger partial charge in [-0.15, -0.1) is 0 Å². The molecule has 1 aliphatic heterocycles. The van der Waals surface area contributed by atoms with Gasteiger partial charge < -0.3 is 15.8 Å². The van der Waals surface area contributed by atoms with Gasteiger partial charge in [0.15, 0.2) is 6.23 Å². The van der Waals surface area contributed by atoms with Gasteiger partial charge in [0, 0.05) is 12.8 Å². The predicted octanol–water partition coefficient (Wildman–Crippen LogP) is 3.53. The van der Waals surface area contributed by atoms with Gasteiger partial charge >= 0.3 is 6.03 Å². The number of urea groups is 1. The van der Waals surface area contributed by atoms with Gasteiger partial charge in [0.25, 0.3) is 0 Å². The number of β-lactam (4-membered cyclic amide) rings is 1. The summed E-state index contributed by atoms with van der Waals surface area (Å²) in [5.41, 5.74) is 8.50. The number of carbonyl (C=O) groups excluding carboxylic acids is 2. The molecule has 0 bridgehead atoms. The van der Waals surface area contributed by atoms with Crippen LogP contribution in [0.3, 0.4) is 0 Å². The van der Waals surface area contributed by atoms with E-state index in [1.807, 2.05) is 73.7 Å². The number of nitrogens with one attached hydrogen (secondary N) is 1. The van der Waals surface area contributed by atoms with Crippen molar-refractivity contribution >= 4 is 17.8 Å². The molecular weight excluding hydrogens is 404 g/mol. The lowest BCUT2D eigenvalue weighted by Gasteiger charge is -2.45. The Bertz CT molecular complexity index is 1040. The first-order valence-electron chi connectivity index (χ1n) is 10.6. The highest BCUT2D eigenvalue weighted by molar-refractivity contribution is 6.01. The number of hydrogen-bond acceptors (Lipinski definition) is 5. The summed E-state index contributed by atoms with van der Waals surface area (Å²) in [6, 6.07) is 22.0. The molecule has 3 N–H and O–H groups in total. The fourth-order valence-electron chi connectivity index (χ4n) is 4.01. The second-order valence-electron chi connectivity index (χ2n) is 7.66. The zero-order chi connectivity index (χ0) is 22.5. The summed E-state index contributed by atoms with van der Waals surface area (Å²) in [5, 5.41) is 3.02. The summed E-state index contributed by atoms with van der Waals surface area (Å²) in [6.45, 7) is 2.23. The molecule has 2 unspecified atom stereocenters. The highest BCUT2D eigenvalue weighted by Crippen LogP contribution is 2.32. The molecule has 0 saturated carbocycles. The molecule has 2 atom stereocenters. The number of pyridine rings is 1. The summed E-state index contributed by atoms with van der Waals surface area (Å²) in [5.74, 6) is -0.323. The molecule has 0 spiro atoms. The molecule has 3 aromatic rings. The van der Waals surface area contributed by atoms with Crippen LogP contribution in [0.4, 0.5) is 10.6 Å². The van der Waals surface area contributed by atoms with Crippen molar-refractivity contribution in [1.29, 1.82) is 0 Å². The summed E-state index contributed by atoms with van der Waals surface area (Å²) in [4.78, 5) is 31.3. The third-order valence-corrected chi connectivity index (χ3v) is 5.54. The van der Waals surface area contributed by atoms with Crippen LogP contribution in [0.25, 0.3) is 0 Å². The quantitative estimate of drug-likeness (QED) is 0.559. The minimum absolute atomic E-state index is 0.267. The van der Waals surface area contributed by atoms with Crippen LogP contribution < -0.4 is 11.1 Å². The van der Waals surface area contributed by atoms with E-state index in [1.54, 1.807) is 12.3 Å². The molecular formula is C25H26N4O3. The Morgan fingerprint density at radius 1 is 1.09 bits per heavy atom. The molecule has 3 amide bonds. The maximum Gasteiger partial charge on any atom is 0.327 e. The normalized spacial score (nSPS) is 17.8. The van der Waals surface area contributed by atoms with E-state index in [9.17, 15) is 9.59 Å². The topological polar surface area (TPSA) is 97.6 Å². The van der Waals surface area contributed by atoms with Crippen LogP contribution in [-0.4, -0.2) is 34.7 Å². The van der Waals surface area contributed by atoms with Gasteiger partial charge in [-0.25, -0.2) is 14.7 Å². The Labute approximate surface area is 187 Å². The number of likely N-dealkylation sites (tertiary alicyclic amines) is 1. The van der Waals surface area contributed by atoms with E-state index in [4.69, 9.17) is 10.5 Å². The van der Waals surface area contributed by atoms with Crippen LogP contribution in [0, 0.1) is 5.92 Å². The Balaban J connectivity index is 1.53. The first-order valence-corrected chi connectivity index (χ1v) is 10.6. The maximum absolute atomic E-state index is 13.2. The first-order chi connectivity index (χ1) is 15.6. The Morgan fingerprint density at radius 2 is 1.72 bits per heavy atom. The van der Waals surface area contributed by atoms with E-state index >= 15 is 0 Å². The van der Waals surface area contributed by atoms with Crippen molar-refractivity contribution in [1.82, 2.24) is 15.2 Å². The molecule has 0 aliphatic carbocycles. The number of nitrogens with zero attached hydrogens (tertiary/aromatic N) is 2. The van der Waals surface area contributed by atoms with E-state index < -0.39 is 18.2 Å². The van der Waals surface area contributed by atoms with E-state index in [-0.39, 0.29) is 11.9 Å². The average molecular weight is 431 g/mol. The van der Waals surface area contributed by atoms with E-state index in [0.29, 0.717) is 18.8 Å². The molecule has 7 heteroatoms. The molecule has 1 aromatic heterocycles. The van der Waals surface area contributed by atoms with Crippen LogP contribution in [0.1, 0.15) is 29.7 Å². The summed E-state index contributed by atoms with van der Waals surface area (Å²) >= 11 is 0. The number of rotatable bonds is 7. The van der Waals surface area contributed by atoms with Gasteiger partial charge in [0.1, 0.15) is 5.82 Å². The SMILES string of the molecule is CCOC1C(Cc2ccnc(N)c2)C(=O)N1C(=O)NC(c1ccccc1)c1ccccc1. The van der Waals surface area contributed by atoms with Crippen LogP contribution in [0.2, 0.25) is 0 Å². The summed E-state index contributed by atoms with van der Waals surface area (Å²) in [7, 11) is 0. The highest BCUT2D eigenvalue weighted by atomic mass is 16.5. The molecule has 164 valence electrons. The molecule has 4 rings (SSSR count). The Hall–Kier alpha value is -3.71. The highest BCUT2D eigenvalue weighted by Gasteiger charge is 2.51. The average Bonchev–Trinajstić information content (AvgIpc) is 2.82. The molecule has 7 nitrogen and oxygen atoms in total. The second kappa shape index (κ2) is 9.62. The fraction of sp³-hybridized carbons (Fsp3) is 0.240. The number of imide groups is 1. The first kappa shape index (κ1) is 21.5. The predicted molar refractivity (Wildman–Crippen MR) is 121 cm³/mol. The van der Waals surface area contributed by atoms with Crippen molar-refractivity contribution in [2.75, 3.05) is 12.3 Å². The van der Waals surface area contributed by atoms with Gasteiger partial charge in [-0.3, -0.25) is 4.79 Å². The van der Waals surface area contributed by atoms with Gasteiger partial charge in [-0.1, -0.05) is 60.7 Å². The molecule has 32 heavy (non-hydrogen) atoms. The largest absolute Gasteiger partial charge is 0.384 e. The van der Waals surface area contributed by atoms with E-state index in [2.05, 4.69) is 10.3 Å². The van der Waals surface area contributed by atoms with Crippen LogP contribution in [0.5, 0.6) is 0 Å². The van der Waals surface area contributed by atoms with Crippen molar-refractivity contribution in [2.24, 2.45) is 5.92 Å². The van der Waals surface area contributed by atoms with E-state index in [1.165, 1.54) is 4.90 Å². The fourth-order valence-corrected chi connectivity index (χ4v) is 4.01. The monoisotopic (exact) mass is 430 g/mol. The number of nitrogen functional groups attached to an aromatic ring is 1. The molecule has 2 heterocycles. The number of anilines is 1. The lowest BCUT2D eigenvalue weighted by atomic mass is 9.89. The second-order valence-corrected chi connectivity index (χ2v) is 7.66.